The summed E-state index contributed by atoms with van der Waals surface area (Å²) < 4.78 is 10.7. The third-order valence-corrected chi connectivity index (χ3v) is 9.17. The summed E-state index contributed by atoms with van der Waals surface area (Å²) in [6.45, 7) is -0.490. The largest absolute Gasteiger partial charge is 0.463 e. The zero-order chi connectivity index (χ0) is 29.9. The topological polar surface area (TPSA) is 93.1 Å². The van der Waals surface area contributed by atoms with E-state index in [4.69, 9.17) is 9.47 Å². The lowest BCUT2D eigenvalue weighted by Crippen LogP contribution is -2.38. The average molecular weight is 577 g/mol. The molecular formula is C37H36O6. The molecule has 220 valence electrons. The van der Waals surface area contributed by atoms with Crippen LogP contribution in [0.2, 0.25) is 0 Å². The van der Waals surface area contributed by atoms with E-state index in [0.29, 0.717) is 19.3 Å². The molecule has 0 saturated heterocycles. The summed E-state index contributed by atoms with van der Waals surface area (Å²) in [5, 5.41) is 18.5. The fraction of sp³-hybridized carbons (Fsp3) is 0.297. The van der Waals surface area contributed by atoms with Crippen LogP contribution in [0.1, 0.15) is 54.4 Å². The van der Waals surface area contributed by atoms with Gasteiger partial charge in [-0.1, -0.05) is 97.1 Å². The Kier molecular flexibility index (Phi) is 8.15. The SMILES string of the molecule is O=C(CCC1(CC2(CCC(=O)OCCO)c3ccccc3-c3ccccc32)c2ccccc2-c2ccccc21)OCCO. The van der Waals surface area contributed by atoms with Crippen molar-refractivity contribution in [2.75, 3.05) is 26.4 Å². The van der Waals surface area contributed by atoms with Gasteiger partial charge in [-0.3, -0.25) is 9.59 Å². The van der Waals surface area contributed by atoms with Gasteiger partial charge in [-0.15, -0.1) is 0 Å². The number of benzene rings is 4. The summed E-state index contributed by atoms with van der Waals surface area (Å²) in [6.07, 6.45) is 2.00. The fourth-order valence-corrected chi connectivity index (χ4v) is 7.54. The van der Waals surface area contributed by atoms with E-state index >= 15 is 0 Å². The lowest BCUT2D eigenvalue weighted by molar-refractivity contribution is -0.145. The predicted octanol–water partition coefficient (Wildman–Crippen LogP) is 5.94. The molecule has 0 aromatic heterocycles. The second-order valence-electron chi connectivity index (χ2n) is 11.4. The van der Waals surface area contributed by atoms with E-state index in [9.17, 15) is 19.8 Å². The predicted molar refractivity (Wildman–Crippen MR) is 164 cm³/mol. The molecule has 0 spiro atoms. The average Bonchev–Trinajstić information content (AvgIpc) is 3.49. The highest BCUT2D eigenvalue weighted by molar-refractivity contribution is 5.85. The first kappa shape index (κ1) is 28.8. The number of carbonyl (C=O) groups is 2. The van der Waals surface area contributed by atoms with Crippen LogP contribution in [-0.4, -0.2) is 48.6 Å². The number of hydrogen-bond donors (Lipinski definition) is 2. The molecule has 0 bridgehead atoms. The molecule has 0 saturated carbocycles. The van der Waals surface area contributed by atoms with E-state index < -0.39 is 10.8 Å². The number of rotatable bonds is 12. The summed E-state index contributed by atoms with van der Waals surface area (Å²) in [6, 6.07) is 33.7. The van der Waals surface area contributed by atoms with Crippen molar-refractivity contribution in [2.45, 2.75) is 42.9 Å². The number of esters is 2. The highest BCUT2D eigenvalue weighted by Gasteiger charge is 2.52. The van der Waals surface area contributed by atoms with E-state index in [1.165, 1.54) is 0 Å². The van der Waals surface area contributed by atoms with Gasteiger partial charge in [0.15, 0.2) is 0 Å². The van der Waals surface area contributed by atoms with Gasteiger partial charge in [0.2, 0.25) is 0 Å². The minimum Gasteiger partial charge on any atom is -0.463 e. The van der Waals surface area contributed by atoms with Crippen LogP contribution in [0.15, 0.2) is 97.1 Å². The van der Waals surface area contributed by atoms with Crippen LogP contribution in [0.5, 0.6) is 0 Å². The first-order valence-electron chi connectivity index (χ1n) is 15.0. The Labute approximate surface area is 251 Å². The Morgan fingerprint density at radius 1 is 0.512 bits per heavy atom. The smallest absolute Gasteiger partial charge is 0.305 e. The molecule has 0 unspecified atom stereocenters. The minimum absolute atomic E-state index is 0.0281. The van der Waals surface area contributed by atoms with Crippen LogP contribution >= 0.6 is 0 Å². The molecule has 6 nitrogen and oxygen atoms in total. The van der Waals surface area contributed by atoms with Gasteiger partial charge >= 0.3 is 11.9 Å². The summed E-state index contributed by atoms with van der Waals surface area (Å²) >= 11 is 0. The van der Waals surface area contributed by atoms with Crippen LogP contribution in [0.25, 0.3) is 22.3 Å². The van der Waals surface area contributed by atoms with Crippen LogP contribution in [0, 0.1) is 0 Å². The molecule has 4 aromatic rings. The highest BCUT2D eigenvalue weighted by atomic mass is 16.5. The van der Waals surface area contributed by atoms with E-state index in [0.717, 1.165) is 44.5 Å². The van der Waals surface area contributed by atoms with Gasteiger partial charge in [0, 0.05) is 23.7 Å². The maximum absolute atomic E-state index is 12.9. The standard InChI is InChI=1S/C37H36O6/c38-21-23-42-34(40)17-19-36(30-13-5-1-9-26(30)27-10-2-6-14-31(27)36)25-37(20-18-35(41)43-24-22-39)32-15-7-3-11-28(32)29-12-4-8-16-33(29)37/h1-16,38-39H,17-25H2. The number of carbonyl (C=O) groups excluding carboxylic acids is 2. The summed E-state index contributed by atoms with van der Waals surface area (Å²) in [4.78, 5) is 25.9. The van der Waals surface area contributed by atoms with Crippen LogP contribution in [-0.2, 0) is 29.9 Å². The van der Waals surface area contributed by atoms with Gasteiger partial charge in [-0.25, -0.2) is 0 Å². The third kappa shape index (κ3) is 5.05. The van der Waals surface area contributed by atoms with Gasteiger partial charge in [0.1, 0.15) is 13.2 Å². The summed E-state index contributed by atoms with van der Waals surface area (Å²) in [5.74, 6) is -0.687. The lowest BCUT2D eigenvalue weighted by Gasteiger charge is -2.42. The van der Waals surface area contributed by atoms with Crippen LogP contribution < -0.4 is 0 Å². The van der Waals surface area contributed by atoms with Crippen molar-refractivity contribution in [1.29, 1.82) is 0 Å². The van der Waals surface area contributed by atoms with Gasteiger partial charge in [-0.05, 0) is 63.8 Å². The molecule has 4 aromatic carbocycles. The maximum Gasteiger partial charge on any atom is 0.305 e. The van der Waals surface area contributed by atoms with E-state index in [2.05, 4.69) is 72.8 Å². The Morgan fingerprint density at radius 3 is 1.12 bits per heavy atom. The molecule has 43 heavy (non-hydrogen) atoms. The van der Waals surface area contributed by atoms with Crippen molar-refractivity contribution in [2.24, 2.45) is 0 Å². The number of aliphatic hydroxyl groups is 2. The monoisotopic (exact) mass is 576 g/mol. The van der Waals surface area contributed by atoms with Crippen molar-refractivity contribution in [3.8, 4) is 22.3 Å². The molecule has 0 radical (unpaired) electrons. The first-order valence-corrected chi connectivity index (χ1v) is 15.0. The second-order valence-corrected chi connectivity index (χ2v) is 11.4. The van der Waals surface area contributed by atoms with Gasteiger partial charge in [-0.2, -0.15) is 0 Å². The third-order valence-electron chi connectivity index (χ3n) is 9.17. The van der Waals surface area contributed by atoms with Crippen LogP contribution in [0.4, 0.5) is 0 Å². The molecule has 2 aliphatic rings. The Balaban J connectivity index is 1.54. The van der Waals surface area contributed by atoms with E-state index in [1.54, 1.807) is 0 Å². The number of hydrogen-bond acceptors (Lipinski definition) is 6. The van der Waals surface area contributed by atoms with Gasteiger partial charge in [0.25, 0.3) is 0 Å². The van der Waals surface area contributed by atoms with E-state index in [-0.39, 0.29) is 51.2 Å². The quantitative estimate of drug-likeness (QED) is 0.203. The maximum atomic E-state index is 12.9. The summed E-state index contributed by atoms with van der Waals surface area (Å²) in [7, 11) is 0. The molecule has 0 atom stereocenters. The minimum atomic E-state index is -0.564. The zero-order valence-corrected chi connectivity index (χ0v) is 24.1. The van der Waals surface area contributed by atoms with Crippen LogP contribution in [0.3, 0.4) is 0 Å². The van der Waals surface area contributed by atoms with Crippen molar-refractivity contribution in [3.05, 3.63) is 119 Å². The number of fused-ring (bicyclic) bond motifs is 6. The fourth-order valence-electron chi connectivity index (χ4n) is 7.54. The van der Waals surface area contributed by atoms with Gasteiger partial charge < -0.3 is 19.7 Å². The molecule has 6 heteroatoms. The van der Waals surface area contributed by atoms with E-state index in [1.807, 2.05) is 24.3 Å². The second kappa shape index (κ2) is 12.2. The zero-order valence-electron chi connectivity index (χ0n) is 24.1. The molecule has 2 aliphatic carbocycles. The molecule has 0 amide bonds. The van der Waals surface area contributed by atoms with Crippen molar-refractivity contribution >= 4 is 11.9 Å². The lowest BCUT2D eigenvalue weighted by atomic mass is 9.60. The highest BCUT2D eigenvalue weighted by Crippen LogP contribution is 2.62. The molecule has 0 aliphatic heterocycles. The Morgan fingerprint density at radius 2 is 0.814 bits per heavy atom. The van der Waals surface area contributed by atoms with Crippen molar-refractivity contribution in [1.82, 2.24) is 0 Å². The normalized spacial score (nSPS) is 14.7. The molecule has 6 rings (SSSR count). The van der Waals surface area contributed by atoms with Gasteiger partial charge in [0.05, 0.1) is 13.2 Å². The molecular weight excluding hydrogens is 540 g/mol. The summed E-state index contributed by atoms with van der Waals surface area (Å²) in [5.41, 5.74) is 8.13. The molecule has 0 heterocycles. The first-order chi connectivity index (χ1) is 21.0. The Bertz CT molecular complexity index is 1430. The molecule has 2 N–H and O–H groups in total. The number of ether oxygens (including phenoxy) is 2. The van der Waals surface area contributed by atoms with Crippen molar-refractivity contribution in [3.63, 3.8) is 0 Å². The number of aliphatic hydroxyl groups excluding tert-OH is 2. The molecule has 0 fully saturated rings. The Hall–Kier alpha value is -4.26. The van der Waals surface area contributed by atoms with Crippen molar-refractivity contribution < 1.29 is 29.3 Å².